The summed E-state index contributed by atoms with van der Waals surface area (Å²) < 4.78 is 0. The number of likely N-dealkylation sites (tertiary alicyclic amines) is 1. The van der Waals surface area contributed by atoms with Crippen molar-refractivity contribution in [3.8, 4) is 0 Å². The van der Waals surface area contributed by atoms with Gasteiger partial charge in [-0.25, -0.2) is 0 Å². The average Bonchev–Trinajstić information content (AvgIpc) is 2.78. The molecule has 1 aromatic carbocycles. The van der Waals surface area contributed by atoms with Crippen LogP contribution < -0.4 is 10.2 Å². The van der Waals surface area contributed by atoms with E-state index in [-0.39, 0.29) is 0 Å². The Balaban J connectivity index is 2.13. The van der Waals surface area contributed by atoms with Crippen molar-refractivity contribution >= 4 is 17.3 Å². The fourth-order valence-corrected chi connectivity index (χ4v) is 3.12. The van der Waals surface area contributed by atoms with Crippen molar-refractivity contribution in [3.05, 3.63) is 28.8 Å². The highest BCUT2D eigenvalue weighted by Crippen LogP contribution is 2.28. The molecule has 0 saturated carbocycles. The van der Waals surface area contributed by atoms with Gasteiger partial charge in [-0.3, -0.25) is 0 Å². The van der Waals surface area contributed by atoms with Crippen molar-refractivity contribution < 1.29 is 0 Å². The van der Waals surface area contributed by atoms with Crippen LogP contribution in [0.5, 0.6) is 0 Å². The Bertz CT molecular complexity index is 422. The molecule has 1 fully saturated rings. The highest BCUT2D eigenvalue weighted by Gasteiger charge is 2.23. The number of rotatable bonds is 5. The van der Waals surface area contributed by atoms with E-state index >= 15 is 0 Å². The van der Waals surface area contributed by atoms with Crippen LogP contribution in [-0.2, 0) is 6.54 Å². The van der Waals surface area contributed by atoms with E-state index < -0.39 is 0 Å². The summed E-state index contributed by atoms with van der Waals surface area (Å²) >= 11 is 6.32. The van der Waals surface area contributed by atoms with E-state index in [1.54, 1.807) is 0 Å². The number of hydrogen-bond acceptors (Lipinski definition) is 3. The van der Waals surface area contributed by atoms with Crippen molar-refractivity contribution in [2.24, 2.45) is 0 Å². The highest BCUT2D eigenvalue weighted by molar-refractivity contribution is 6.31. The molecule has 1 aliphatic rings. The van der Waals surface area contributed by atoms with Crippen molar-refractivity contribution in [3.63, 3.8) is 0 Å². The van der Waals surface area contributed by atoms with E-state index in [1.165, 1.54) is 30.6 Å². The van der Waals surface area contributed by atoms with Crippen LogP contribution in [0.3, 0.4) is 0 Å². The van der Waals surface area contributed by atoms with E-state index in [4.69, 9.17) is 11.6 Å². The van der Waals surface area contributed by atoms with Crippen molar-refractivity contribution in [1.29, 1.82) is 0 Å². The normalized spacial score (nSPS) is 19.9. The molecule has 3 nitrogen and oxygen atoms in total. The number of anilines is 1. The Morgan fingerprint density at radius 3 is 2.89 bits per heavy atom. The smallest absolute Gasteiger partial charge is 0.0471 e. The average molecular weight is 282 g/mol. The number of halogens is 1. The topological polar surface area (TPSA) is 18.5 Å². The van der Waals surface area contributed by atoms with Gasteiger partial charge in [0.1, 0.15) is 0 Å². The first-order valence-electron chi connectivity index (χ1n) is 6.97. The molecule has 1 N–H and O–H groups in total. The molecule has 0 radical (unpaired) electrons. The van der Waals surface area contributed by atoms with E-state index in [0.717, 1.165) is 18.1 Å². The van der Waals surface area contributed by atoms with Gasteiger partial charge in [-0.2, -0.15) is 0 Å². The molecular weight excluding hydrogens is 258 g/mol. The third-order valence-corrected chi connectivity index (χ3v) is 4.37. The summed E-state index contributed by atoms with van der Waals surface area (Å²) in [7, 11) is 6.34. The number of likely N-dealkylation sites (N-methyl/N-ethyl adjacent to an activating group) is 2. The number of hydrogen-bond donors (Lipinski definition) is 1. The summed E-state index contributed by atoms with van der Waals surface area (Å²) in [6, 6.07) is 6.82. The lowest BCUT2D eigenvalue weighted by Crippen LogP contribution is -2.37. The van der Waals surface area contributed by atoms with Gasteiger partial charge < -0.3 is 15.1 Å². The number of nitrogens with zero attached hydrogens (tertiary/aromatic N) is 2. The minimum atomic E-state index is 0.659. The van der Waals surface area contributed by atoms with E-state index in [9.17, 15) is 0 Å². The molecule has 1 unspecified atom stereocenters. The van der Waals surface area contributed by atoms with Crippen molar-refractivity contribution in [2.45, 2.75) is 25.4 Å². The second-order valence-corrected chi connectivity index (χ2v) is 5.83. The Kier molecular flexibility index (Phi) is 5.08. The van der Waals surface area contributed by atoms with Crippen LogP contribution >= 0.6 is 11.6 Å². The molecule has 1 atom stereocenters. The largest absolute Gasteiger partial charge is 0.373 e. The van der Waals surface area contributed by atoms with Crippen LogP contribution in [0, 0.1) is 0 Å². The number of benzene rings is 1. The molecule has 0 bridgehead atoms. The molecule has 1 saturated heterocycles. The molecule has 2 rings (SSSR count). The van der Waals surface area contributed by atoms with Gasteiger partial charge in [0.15, 0.2) is 0 Å². The van der Waals surface area contributed by atoms with Crippen LogP contribution in [0.25, 0.3) is 0 Å². The Hall–Kier alpha value is -0.770. The first-order chi connectivity index (χ1) is 9.13. The van der Waals surface area contributed by atoms with E-state index in [1.807, 2.05) is 19.2 Å². The van der Waals surface area contributed by atoms with Gasteiger partial charge in [0.2, 0.25) is 0 Å². The molecule has 1 aromatic rings. The van der Waals surface area contributed by atoms with Gasteiger partial charge in [0.25, 0.3) is 0 Å². The summed E-state index contributed by atoms with van der Waals surface area (Å²) in [6.45, 7) is 3.09. The molecular formula is C15H24ClN3. The monoisotopic (exact) mass is 281 g/mol. The fraction of sp³-hybridized carbons (Fsp3) is 0.600. The van der Waals surface area contributed by atoms with Gasteiger partial charge in [-0.05, 0) is 45.6 Å². The van der Waals surface area contributed by atoms with Crippen LogP contribution in [-0.4, -0.2) is 45.2 Å². The van der Waals surface area contributed by atoms with Gasteiger partial charge >= 0.3 is 0 Å². The van der Waals surface area contributed by atoms with Gasteiger partial charge in [0, 0.05) is 42.5 Å². The van der Waals surface area contributed by atoms with Gasteiger partial charge in [-0.1, -0.05) is 17.7 Å². The van der Waals surface area contributed by atoms with Crippen LogP contribution in [0.4, 0.5) is 5.69 Å². The molecule has 0 aliphatic carbocycles. The van der Waals surface area contributed by atoms with E-state index in [2.05, 4.69) is 35.3 Å². The second kappa shape index (κ2) is 6.60. The summed E-state index contributed by atoms with van der Waals surface area (Å²) in [6.07, 6.45) is 2.61. The SMILES string of the molecule is CNCc1c(Cl)cccc1N(C)CC1CCCN1C. The quantitative estimate of drug-likeness (QED) is 0.895. The van der Waals surface area contributed by atoms with Crippen LogP contribution in [0.15, 0.2) is 18.2 Å². The standard InChI is InChI=1S/C15H24ClN3/c1-17-10-13-14(16)7-4-8-15(13)19(3)11-12-6-5-9-18(12)2/h4,7-8,12,17H,5-6,9-11H2,1-3H3. The maximum absolute atomic E-state index is 6.32. The number of nitrogens with one attached hydrogen (secondary N) is 1. The molecule has 0 aromatic heterocycles. The Morgan fingerprint density at radius 2 is 2.26 bits per heavy atom. The maximum Gasteiger partial charge on any atom is 0.0471 e. The lowest BCUT2D eigenvalue weighted by atomic mass is 10.1. The minimum absolute atomic E-state index is 0.659. The Labute approximate surface area is 121 Å². The molecule has 1 aliphatic heterocycles. The second-order valence-electron chi connectivity index (χ2n) is 5.43. The zero-order chi connectivity index (χ0) is 13.8. The summed E-state index contributed by atoms with van der Waals surface area (Å²) in [4.78, 5) is 4.80. The predicted molar refractivity (Wildman–Crippen MR) is 83.1 cm³/mol. The third-order valence-electron chi connectivity index (χ3n) is 4.02. The maximum atomic E-state index is 6.32. The van der Waals surface area contributed by atoms with Gasteiger partial charge in [0.05, 0.1) is 0 Å². The predicted octanol–water partition coefficient (Wildman–Crippen LogP) is 2.59. The summed E-state index contributed by atoms with van der Waals surface area (Å²) in [5.41, 5.74) is 2.43. The molecule has 4 heteroatoms. The van der Waals surface area contributed by atoms with Crippen molar-refractivity contribution in [2.75, 3.05) is 39.1 Å². The molecule has 19 heavy (non-hydrogen) atoms. The highest BCUT2D eigenvalue weighted by atomic mass is 35.5. The molecule has 1 heterocycles. The van der Waals surface area contributed by atoms with Crippen molar-refractivity contribution in [1.82, 2.24) is 10.2 Å². The first-order valence-corrected chi connectivity index (χ1v) is 7.34. The molecule has 106 valence electrons. The molecule has 0 spiro atoms. The molecule has 0 amide bonds. The zero-order valence-electron chi connectivity index (χ0n) is 12.1. The van der Waals surface area contributed by atoms with Gasteiger partial charge in [-0.15, -0.1) is 0 Å². The lowest BCUT2D eigenvalue weighted by molar-refractivity contribution is 0.314. The summed E-state index contributed by atoms with van der Waals surface area (Å²) in [5, 5.41) is 4.05. The van der Waals surface area contributed by atoms with Crippen LogP contribution in [0.1, 0.15) is 18.4 Å². The van der Waals surface area contributed by atoms with Crippen LogP contribution in [0.2, 0.25) is 5.02 Å². The minimum Gasteiger partial charge on any atom is -0.373 e. The zero-order valence-corrected chi connectivity index (χ0v) is 12.9. The Morgan fingerprint density at radius 1 is 1.47 bits per heavy atom. The summed E-state index contributed by atoms with van der Waals surface area (Å²) in [5.74, 6) is 0. The lowest BCUT2D eigenvalue weighted by Gasteiger charge is -2.29. The fourth-order valence-electron chi connectivity index (χ4n) is 2.88. The third kappa shape index (κ3) is 3.41. The first kappa shape index (κ1) is 14.6. The van der Waals surface area contributed by atoms with E-state index in [0.29, 0.717) is 6.04 Å².